The predicted molar refractivity (Wildman–Crippen MR) is 77.1 cm³/mol. The second kappa shape index (κ2) is 6.01. The van der Waals surface area contributed by atoms with Gasteiger partial charge in [-0.2, -0.15) is 0 Å². The molecule has 0 aliphatic rings. The first-order valence-corrected chi connectivity index (χ1v) is 6.78. The van der Waals surface area contributed by atoms with Crippen LogP contribution in [0.4, 0.5) is 5.82 Å². The summed E-state index contributed by atoms with van der Waals surface area (Å²) < 4.78 is 0. The lowest BCUT2D eigenvalue weighted by atomic mass is 10.0. The molecule has 18 heavy (non-hydrogen) atoms. The van der Waals surface area contributed by atoms with Gasteiger partial charge in [-0.3, -0.25) is 4.98 Å². The van der Waals surface area contributed by atoms with Crippen LogP contribution in [0.15, 0.2) is 30.5 Å². The lowest BCUT2D eigenvalue weighted by molar-refractivity contribution is 0.512. The Morgan fingerprint density at radius 2 is 1.94 bits per heavy atom. The van der Waals surface area contributed by atoms with Crippen molar-refractivity contribution in [2.45, 2.75) is 26.3 Å². The first-order chi connectivity index (χ1) is 8.70. The smallest absolute Gasteiger partial charge is 0.145 e. The SMILES string of the molecule is CC(C)C(CCCl)Nc1cnc2ccccc2n1. The van der Waals surface area contributed by atoms with E-state index in [9.17, 15) is 0 Å². The molecule has 1 heterocycles. The van der Waals surface area contributed by atoms with Gasteiger partial charge in [0, 0.05) is 11.9 Å². The molecule has 1 aromatic heterocycles. The molecule has 1 unspecified atom stereocenters. The molecular formula is C14H18ClN3. The van der Waals surface area contributed by atoms with Crippen LogP contribution in [0.25, 0.3) is 11.0 Å². The Hall–Kier alpha value is -1.35. The second-order valence-corrected chi connectivity index (χ2v) is 5.09. The van der Waals surface area contributed by atoms with E-state index >= 15 is 0 Å². The number of hydrogen-bond acceptors (Lipinski definition) is 3. The summed E-state index contributed by atoms with van der Waals surface area (Å²) in [6.07, 6.45) is 2.71. The molecule has 0 saturated carbocycles. The van der Waals surface area contributed by atoms with Gasteiger partial charge in [-0.05, 0) is 24.5 Å². The Labute approximate surface area is 113 Å². The Morgan fingerprint density at radius 1 is 1.22 bits per heavy atom. The number of rotatable bonds is 5. The molecule has 4 heteroatoms. The molecule has 96 valence electrons. The summed E-state index contributed by atoms with van der Waals surface area (Å²) in [4.78, 5) is 8.96. The van der Waals surface area contributed by atoms with Crippen molar-refractivity contribution in [2.75, 3.05) is 11.2 Å². The molecule has 1 atom stereocenters. The highest BCUT2D eigenvalue weighted by molar-refractivity contribution is 6.17. The molecule has 1 aromatic carbocycles. The van der Waals surface area contributed by atoms with Crippen LogP contribution in [-0.2, 0) is 0 Å². The Balaban J connectivity index is 2.20. The summed E-state index contributed by atoms with van der Waals surface area (Å²) in [5, 5.41) is 3.41. The Bertz CT molecular complexity index is 513. The van der Waals surface area contributed by atoms with Crippen molar-refractivity contribution in [2.24, 2.45) is 5.92 Å². The molecular weight excluding hydrogens is 246 g/mol. The maximum absolute atomic E-state index is 5.83. The number of anilines is 1. The Kier molecular flexibility index (Phi) is 4.37. The van der Waals surface area contributed by atoms with Crippen molar-refractivity contribution in [1.29, 1.82) is 0 Å². The number of benzene rings is 1. The minimum atomic E-state index is 0.331. The van der Waals surface area contributed by atoms with E-state index in [4.69, 9.17) is 11.6 Å². The Morgan fingerprint density at radius 3 is 2.61 bits per heavy atom. The number of hydrogen-bond donors (Lipinski definition) is 1. The molecule has 2 aromatic rings. The van der Waals surface area contributed by atoms with Gasteiger partial charge >= 0.3 is 0 Å². The van der Waals surface area contributed by atoms with E-state index in [1.165, 1.54) is 0 Å². The highest BCUT2D eigenvalue weighted by Crippen LogP contribution is 2.16. The summed E-state index contributed by atoms with van der Waals surface area (Å²) in [7, 11) is 0. The molecule has 0 bridgehead atoms. The third-order valence-corrected chi connectivity index (χ3v) is 3.22. The minimum absolute atomic E-state index is 0.331. The molecule has 0 radical (unpaired) electrons. The van der Waals surface area contributed by atoms with E-state index in [1.807, 2.05) is 24.3 Å². The first kappa shape index (κ1) is 13.1. The number of nitrogens with one attached hydrogen (secondary N) is 1. The van der Waals surface area contributed by atoms with Crippen LogP contribution < -0.4 is 5.32 Å². The van der Waals surface area contributed by atoms with Gasteiger partial charge < -0.3 is 5.32 Å². The fraction of sp³-hybridized carbons (Fsp3) is 0.429. The highest BCUT2D eigenvalue weighted by atomic mass is 35.5. The van der Waals surface area contributed by atoms with E-state index in [-0.39, 0.29) is 0 Å². The van der Waals surface area contributed by atoms with E-state index in [0.29, 0.717) is 17.8 Å². The standard InChI is InChI=1S/C14H18ClN3/c1-10(2)11(7-8-15)17-14-9-16-12-5-3-4-6-13(12)18-14/h3-6,9-11H,7-8H2,1-2H3,(H,17,18). The average molecular weight is 264 g/mol. The van der Waals surface area contributed by atoms with Gasteiger partial charge in [0.05, 0.1) is 17.2 Å². The number of halogens is 1. The van der Waals surface area contributed by atoms with Gasteiger partial charge in [0.25, 0.3) is 0 Å². The molecule has 0 spiro atoms. The van der Waals surface area contributed by atoms with Gasteiger partial charge in [0.2, 0.25) is 0 Å². The van der Waals surface area contributed by atoms with Gasteiger partial charge in [-0.25, -0.2) is 4.98 Å². The summed E-state index contributed by atoms with van der Waals surface area (Å²) >= 11 is 5.83. The average Bonchev–Trinajstić information content (AvgIpc) is 2.38. The van der Waals surface area contributed by atoms with E-state index in [1.54, 1.807) is 6.20 Å². The van der Waals surface area contributed by atoms with Crippen molar-refractivity contribution < 1.29 is 0 Å². The molecule has 0 amide bonds. The van der Waals surface area contributed by atoms with Gasteiger partial charge in [-0.15, -0.1) is 11.6 Å². The third kappa shape index (κ3) is 3.10. The van der Waals surface area contributed by atoms with Gasteiger partial charge in [-0.1, -0.05) is 26.0 Å². The van der Waals surface area contributed by atoms with Crippen LogP contribution in [0.1, 0.15) is 20.3 Å². The normalized spacial score (nSPS) is 12.9. The minimum Gasteiger partial charge on any atom is -0.366 e. The number of para-hydroxylation sites is 2. The summed E-state index contributed by atoms with van der Waals surface area (Å²) in [6.45, 7) is 4.36. The monoisotopic (exact) mass is 263 g/mol. The second-order valence-electron chi connectivity index (χ2n) is 4.72. The van der Waals surface area contributed by atoms with Crippen LogP contribution in [0.3, 0.4) is 0 Å². The number of alkyl halides is 1. The zero-order valence-electron chi connectivity index (χ0n) is 10.7. The highest BCUT2D eigenvalue weighted by Gasteiger charge is 2.13. The van der Waals surface area contributed by atoms with Crippen molar-refractivity contribution >= 4 is 28.5 Å². The van der Waals surface area contributed by atoms with Crippen molar-refractivity contribution in [1.82, 2.24) is 9.97 Å². The zero-order valence-corrected chi connectivity index (χ0v) is 11.5. The zero-order chi connectivity index (χ0) is 13.0. The molecule has 1 N–H and O–H groups in total. The van der Waals surface area contributed by atoms with Gasteiger partial charge in [0.15, 0.2) is 0 Å². The van der Waals surface area contributed by atoms with Crippen LogP contribution >= 0.6 is 11.6 Å². The molecule has 0 fully saturated rings. The quantitative estimate of drug-likeness (QED) is 0.836. The summed E-state index contributed by atoms with van der Waals surface area (Å²) in [6, 6.07) is 8.20. The molecule has 3 nitrogen and oxygen atoms in total. The van der Waals surface area contributed by atoms with Crippen molar-refractivity contribution in [3.63, 3.8) is 0 Å². The van der Waals surface area contributed by atoms with Crippen LogP contribution in [0, 0.1) is 5.92 Å². The van der Waals surface area contributed by atoms with E-state index < -0.39 is 0 Å². The predicted octanol–water partition coefficient (Wildman–Crippen LogP) is 3.70. The number of nitrogens with zero attached hydrogens (tertiary/aromatic N) is 2. The van der Waals surface area contributed by atoms with Crippen molar-refractivity contribution in [3.8, 4) is 0 Å². The molecule has 0 saturated heterocycles. The first-order valence-electron chi connectivity index (χ1n) is 6.25. The van der Waals surface area contributed by atoms with Gasteiger partial charge in [0.1, 0.15) is 5.82 Å². The lowest BCUT2D eigenvalue weighted by Gasteiger charge is -2.21. The van der Waals surface area contributed by atoms with Crippen LogP contribution in [0.5, 0.6) is 0 Å². The fourth-order valence-electron chi connectivity index (χ4n) is 1.91. The maximum Gasteiger partial charge on any atom is 0.145 e. The lowest BCUT2D eigenvalue weighted by Crippen LogP contribution is -2.26. The molecule has 0 aliphatic carbocycles. The van der Waals surface area contributed by atoms with E-state index in [0.717, 1.165) is 23.3 Å². The topological polar surface area (TPSA) is 37.8 Å². The van der Waals surface area contributed by atoms with Crippen molar-refractivity contribution in [3.05, 3.63) is 30.5 Å². The van der Waals surface area contributed by atoms with Crippen LogP contribution in [-0.4, -0.2) is 21.9 Å². The largest absolute Gasteiger partial charge is 0.366 e. The molecule has 2 rings (SSSR count). The van der Waals surface area contributed by atoms with Crippen LogP contribution in [0.2, 0.25) is 0 Å². The fourth-order valence-corrected chi connectivity index (χ4v) is 2.14. The van der Waals surface area contributed by atoms with E-state index in [2.05, 4.69) is 29.1 Å². The third-order valence-electron chi connectivity index (χ3n) is 3.01. The molecule has 0 aliphatic heterocycles. The summed E-state index contributed by atoms with van der Waals surface area (Å²) in [5.41, 5.74) is 1.83. The number of fused-ring (bicyclic) bond motifs is 1. The summed E-state index contributed by atoms with van der Waals surface area (Å²) in [5.74, 6) is 1.98. The number of aromatic nitrogens is 2. The maximum atomic E-state index is 5.83.